The standard InChI is InChI=1S/C19H19N3O3/c1-22-16-10-9-14(25-2)12-15(16)18(19(22)24)21-20-17(23)11-8-13-6-4-3-5-7-13/h3-7,9-10,12,24H,8,11H2,1-2H3. The van der Waals surface area contributed by atoms with Crippen molar-refractivity contribution in [2.75, 3.05) is 7.11 Å². The van der Waals surface area contributed by atoms with Crippen molar-refractivity contribution in [1.29, 1.82) is 0 Å². The minimum absolute atomic E-state index is 0.0390. The smallest absolute Gasteiger partial charge is 0.265 e. The SMILES string of the molecule is COc1ccc2c(c1)c(N=NC(=O)CCc1ccccc1)c(O)n2C. The molecule has 6 nitrogen and oxygen atoms in total. The molecular weight excluding hydrogens is 318 g/mol. The molecule has 0 saturated heterocycles. The van der Waals surface area contributed by atoms with E-state index in [1.54, 1.807) is 30.9 Å². The van der Waals surface area contributed by atoms with Crippen molar-refractivity contribution in [1.82, 2.24) is 4.57 Å². The number of fused-ring (bicyclic) bond motifs is 1. The Hall–Kier alpha value is -3.15. The Kier molecular flexibility index (Phi) is 4.79. The molecule has 25 heavy (non-hydrogen) atoms. The average molecular weight is 337 g/mol. The number of ether oxygens (including phenoxy) is 1. The van der Waals surface area contributed by atoms with Gasteiger partial charge >= 0.3 is 0 Å². The minimum atomic E-state index is -0.330. The van der Waals surface area contributed by atoms with E-state index in [1.807, 2.05) is 36.4 Å². The van der Waals surface area contributed by atoms with Gasteiger partial charge in [-0.05, 0) is 30.2 Å². The van der Waals surface area contributed by atoms with E-state index in [2.05, 4.69) is 10.2 Å². The van der Waals surface area contributed by atoms with Crippen molar-refractivity contribution >= 4 is 22.5 Å². The summed E-state index contributed by atoms with van der Waals surface area (Å²) in [6.07, 6.45) is 0.871. The number of carbonyl (C=O) groups excluding carboxylic acids is 1. The summed E-state index contributed by atoms with van der Waals surface area (Å²) < 4.78 is 6.80. The van der Waals surface area contributed by atoms with E-state index in [9.17, 15) is 9.90 Å². The van der Waals surface area contributed by atoms with Crippen LogP contribution in [0.5, 0.6) is 11.6 Å². The third kappa shape index (κ3) is 3.52. The first kappa shape index (κ1) is 16.7. The summed E-state index contributed by atoms with van der Waals surface area (Å²) in [7, 11) is 3.29. The van der Waals surface area contributed by atoms with Gasteiger partial charge in [-0.2, -0.15) is 0 Å². The van der Waals surface area contributed by atoms with Crippen molar-refractivity contribution < 1.29 is 14.6 Å². The van der Waals surface area contributed by atoms with Gasteiger partial charge in [-0.3, -0.25) is 4.79 Å². The topological polar surface area (TPSA) is 76.2 Å². The molecule has 128 valence electrons. The third-order valence-electron chi connectivity index (χ3n) is 4.08. The first-order chi connectivity index (χ1) is 12.1. The Labute approximate surface area is 145 Å². The van der Waals surface area contributed by atoms with Crippen molar-refractivity contribution in [3.8, 4) is 11.6 Å². The van der Waals surface area contributed by atoms with Gasteiger partial charge in [-0.1, -0.05) is 30.3 Å². The molecule has 0 aliphatic carbocycles. The van der Waals surface area contributed by atoms with E-state index in [4.69, 9.17) is 4.74 Å². The van der Waals surface area contributed by atoms with E-state index in [0.717, 1.165) is 11.1 Å². The van der Waals surface area contributed by atoms with Gasteiger partial charge in [0.1, 0.15) is 5.75 Å². The number of azo groups is 1. The zero-order valence-electron chi connectivity index (χ0n) is 14.1. The summed E-state index contributed by atoms with van der Waals surface area (Å²) >= 11 is 0. The Bertz CT molecular complexity index is 930. The molecule has 0 spiro atoms. The quantitative estimate of drug-likeness (QED) is 0.711. The molecule has 0 atom stereocenters. The monoisotopic (exact) mass is 337 g/mol. The van der Waals surface area contributed by atoms with Gasteiger partial charge in [0.25, 0.3) is 5.91 Å². The van der Waals surface area contributed by atoms with Crippen LogP contribution in [-0.2, 0) is 18.3 Å². The van der Waals surface area contributed by atoms with Crippen LogP contribution in [0.1, 0.15) is 12.0 Å². The van der Waals surface area contributed by atoms with Crippen molar-refractivity contribution in [3.05, 3.63) is 54.1 Å². The van der Waals surface area contributed by atoms with Crippen LogP contribution >= 0.6 is 0 Å². The number of hydrogen-bond acceptors (Lipinski definition) is 4. The zero-order chi connectivity index (χ0) is 17.8. The maximum atomic E-state index is 12.0. The molecular formula is C19H19N3O3. The largest absolute Gasteiger partial charge is 0.497 e. The van der Waals surface area contributed by atoms with Crippen LogP contribution < -0.4 is 4.74 Å². The molecule has 3 aromatic rings. The van der Waals surface area contributed by atoms with E-state index in [1.165, 1.54) is 0 Å². The molecule has 0 bridgehead atoms. The molecule has 1 aromatic heterocycles. The van der Waals surface area contributed by atoms with Crippen molar-refractivity contribution in [2.45, 2.75) is 12.8 Å². The van der Waals surface area contributed by atoms with Crippen molar-refractivity contribution in [3.63, 3.8) is 0 Å². The second-order valence-electron chi connectivity index (χ2n) is 5.69. The molecule has 2 aromatic carbocycles. The molecule has 0 radical (unpaired) electrons. The number of benzene rings is 2. The highest BCUT2D eigenvalue weighted by atomic mass is 16.5. The summed E-state index contributed by atoms with van der Waals surface area (Å²) in [5.74, 6) is 0.274. The van der Waals surface area contributed by atoms with Crippen LogP contribution in [0.3, 0.4) is 0 Å². The van der Waals surface area contributed by atoms with E-state index < -0.39 is 0 Å². The Morgan fingerprint density at radius 2 is 1.96 bits per heavy atom. The number of aromatic nitrogens is 1. The fourth-order valence-corrected chi connectivity index (χ4v) is 2.67. The molecule has 1 N–H and O–H groups in total. The van der Waals surface area contributed by atoms with Gasteiger partial charge in [0, 0.05) is 18.9 Å². The molecule has 1 heterocycles. The van der Waals surface area contributed by atoms with Crippen LogP contribution in [-0.4, -0.2) is 22.7 Å². The lowest BCUT2D eigenvalue weighted by molar-refractivity contribution is -0.118. The third-order valence-corrected chi connectivity index (χ3v) is 4.08. The number of aryl methyl sites for hydroxylation is 2. The maximum absolute atomic E-state index is 12.0. The summed E-state index contributed by atoms with van der Waals surface area (Å²) in [6.45, 7) is 0. The molecule has 0 unspecified atom stereocenters. The molecule has 0 fully saturated rings. The Balaban J connectivity index is 1.80. The fraction of sp³-hybridized carbons (Fsp3) is 0.211. The Morgan fingerprint density at radius 3 is 2.68 bits per heavy atom. The molecule has 6 heteroatoms. The highest BCUT2D eigenvalue weighted by molar-refractivity contribution is 5.96. The van der Waals surface area contributed by atoms with E-state index >= 15 is 0 Å². The van der Waals surface area contributed by atoms with Gasteiger partial charge in [0.05, 0.1) is 12.6 Å². The fourth-order valence-electron chi connectivity index (χ4n) is 2.67. The lowest BCUT2D eigenvalue weighted by Gasteiger charge is -2.00. The highest BCUT2D eigenvalue weighted by Gasteiger charge is 2.15. The summed E-state index contributed by atoms with van der Waals surface area (Å²) in [5.41, 5.74) is 2.12. The zero-order valence-corrected chi connectivity index (χ0v) is 14.1. The predicted octanol–water partition coefficient (Wildman–Crippen LogP) is 4.14. The highest BCUT2D eigenvalue weighted by Crippen LogP contribution is 2.39. The van der Waals surface area contributed by atoms with E-state index in [0.29, 0.717) is 17.6 Å². The molecule has 0 saturated carbocycles. The Morgan fingerprint density at radius 1 is 1.20 bits per heavy atom. The summed E-state index contributed by atoms with van der Waals surface area (Å²) in [5, 5.41) is 18.7. The van der Waals surface area contributed by atoms with Gasteiger partial charge in [0.15, 0.2) is 5.69 Å². The number of nitrogens with zero attached hydrogens (tertiary/aromatic N) is 3. The first-order valence-corrected chi connectivity index (χ1v) is 7.94. The lowest BCUT2D eigenvalue weighted by Crippen LogP contribution is -1.95. The predicted molar refractivity (Wildman–Crippen MR) is 95.4 cm³/mol. The number of amides is 1. The maximum Gasteiger partial charge on any atom is 0.265 e. The summed E-state index contributed by atoms with van der Waals surface area (Å²) in [6, 6.07) is 15.1. The van der Waals surface area contributed by atoms with Gasteiger partial charge in [-0.15, -0.1) is 10.2 Å². The summed E-state index contributed by atoms with van der Waals surface area (Å²) in [4.78, 5) is 12.0. The number of rotatable bonds is 5. The average Bonchev–Trinajstić information content (AvgIpc) is 2.89. The van der Waals surface area contributed by atoms with Crippen LogP contribution in [0, 0.1) is 0 Å². The minimum Gasteiger partial charge on any atom is -0.497 e. The number of carbonyl (C=O) groups is 1. The van der Waals surface area contributed by atoms with Crippen molar-refractivity contribution in [2.24, 2.45) is 17.3 Å². The van der Waals surface area contributed by atoms with Crippen LogP contribution in [0.4, 0.5) is 5.69 Å². The second kappa shape index (κ2) is 7.17. The van der Waals surface area contributed by atoms with Gasteiger partial charge in [-0.25, -0.2) is 0 Å². The lowest BCUT2D eigenvalue weighted by atomic mass is 10.1. The van der Waals surface area contributed by atoms with Crippen LogP contribution in [0.15, 0.2) is 58.8 Å². The van der Waals surface area contributed by atoms with E-state index in [-0.39, 0.29) is 23.9 Å². The molecule has 3 rings (SSSR count). The molecule has 0 aliphatic rings. The van der Waals surface area contributed by atoms with Crippen LogP contribution in [0.25, 0.3) is 10.9 Å². The number of hydrogen-bond donors (Lipinski definition) is 1. The first-order valence-electron chi connectivity index (χ1n) is 7.94. The molecule has 0 aliphatic heterocycles. The second-order valence-corrected chi connectivity index (χ2v) is 5.69. The normalized spacial score (nSPS) is 11.3. The van der Waals surface area contributed by atoms with Gasteiger partial charge < -0.3 is 14.4 Å². The van der Waals surface area contributed by atoms with Gasteiger partial charge in [0.2, 0.25) is 5.88 Å². The number of methoxy groups -OCH3 is 1. The number of aromatic hydroxyl groups is 1. The van der Waals surface area contributed by atoms with Crippen LogP contribution in [0.2, 0.25) is 0 Å². The molecule has 1 amide bonds.